The molecule has 0 aromatic carbocycles. The highest BCUT2D eigenvalue weighted by atomic mass is 32.2. The second-order valence-corrected chi connectivity index (χ2v) is 3.85. The van der Waals surface area contributed by atoms with Crippen LogP contribution in [0.3, 0.4) is 0 Å². The number of urea groups is 1. The van der Waals surface area contributed by atoms with Gasteiger partial charge in [-0.25, -0.2) is 4.79 Å². The van der Waals surface area contributed by atoms with E-state index in [-0.39, 0.29) is 6.03 Å². The summed E-state index contributed by atoms with van der Waals surface area (Å²) in [6.07, 6.45) is 0. The molecule has 0 aromatic rings. The Labute approximate surface area is 76.8 Å². The van der Waals surface area contributed by atoms with Gasteiger partial charge in [0.05, 0.1) is 5.88 Å². The number of rotatable bonds is 3. The first-order valence-corrected chi connectivity index (χ1v) is 5.06. The van der Waals surface area contributed by atoms with Crippen molar-refractivity contribution in [1.82, 2.24) is 9.80 Å². The van der Waals surface area contributed by atoms with Crippen LogP contribution in [0.4, 0.5) is 4.79 Å². The summed E-state index contributed by atoms with van der Waals surface area (Å²) in [4.78, 5) is 14.7. The van der Waals surface area contributed by atoms with E-state index in [2.05, 4.69) is 6.92 Å². The van der Waals surface area contributed by atoms with Crippen LogP contribution in [0.25, 0.3) is 0 Å². The van der Waals surface area contributed by atoms with Crippen LogP contribution in [-0.2, 0) is 4.74 Å². The first-order valence-electron chi connectivity index (χ1n) is 3.91. The van der Waals surface area contributed by atoms with Gasteiger partial charge in [0.1, 0.15) is 13.5 Å². The minimum Gasteiger partial charge on any atom is -0.340 e. The lowest BCUT2D eigenvalue weighted by Gasteiger charge is -2.32. The van der Waals surface area contributed by atoms with Crippen LogP contribution >= 0.6 is 11.8 Å². The molecule has 1 heterocycles. The SMILES string of the molecule is CCSCN1COCN(C)C1=O. The molecule has 5 heteroatoms. The van der Waals surface area contributed by atoms with Crippen LogP contribution in [-0.4, -0.2) is 48.0 Å². The van der Waals surface area contributed by atoms with E-state index in [1.165, 1.54) is 0 Å². The van der Waals surface area contributed by atoms with Crippen molar-refractivity contribution in [2.45, 2.75) is 6.92 Å². The van der Waals surface area contributed by atoms with Crippen molar-refractivity contribution in [3.63, 3.8) is 0 Å². The van der Waals surface area contributed by atoms with Gasteiger partial charge in [0, 0.05) is 7.05 Å². The first-order chi connectivity index (χ1) is 5.75. The van der Waals surface area contributed by atoms with Crippen LogP contribution in [0.5, 0.6) is 0 Å². The molecule has 0 radical (unpaired) electrons. The number of carbonyl (C=O) groups is 1. The van der Waals surface area contributed by atoms with Crippen molar-refractivity contribution in [2.75, 3.05) is 32.1 Å². The lowest BCUT2D eigenvalue weighted by atomic mass is 10.7. The zero-order chi connectivity index (χ0) is 8.97. The third-order valence-corrected chi connectivity index (χ3v) is 2.48. The Balaban J connectivity index is 2.36. The second kappa shape index (κ2) is 4.57. The van der Waals surface area contributed by atoms with Gasteiger partial charge in [-0.3, -0.25) is 4.90 Å². The zero-order valence-corrected chi connectivity index (χ0v) is 8.26. The third-order valence-electron chi connectivity index (χ3n) is 1.58. The maximum atomic E-state index is 11.4. The Kier molecular flexibility index (Phi) is 3.68. The van der Waals surface area contributed by atoms with E-state index in [1.54, 1.807) is 28.6 Å². The lowest BCUT2D eigenvalue weighted by Crippen LogP contribution is -2.48. The highest BCUT2D eigenvalue weighted by Gasteiger charge is 2.22. The quantitative estimate of drug-likeness (QED) is 0.665. The van der Waals surface area contributed by atoms with Crippen LogP contribution in [0.1, 0.15) is 6.92 Å². The van der Waals surface area contributed by atoms with Crippen LogP contribution in [0.15, 0.2) is 0 Å². The van der Waals surface area contributed by atoms with Crippen molar-refractivity contribution in [3.8, 4) is 0 Å². The number of carbonyl (C=O) groups excluding carboxylic acids is 1. The number of thioether (sulfide) groups is 1. The summed E-state index contributed by atoms with van der Waals surface area (Å²) in [5.74, 6) is 1.74. The Morgan fingerprint density at radius 3 is 3.00 bits per heavy atom. The molecule has 4 nitrogen and oxygen atoms in total. The Morgan fingerprint density at radius 1 is 1.58 bits per heavy atom. The fraction of sp³-hybridized carbons (Fsp3) is 0.857. The molecule has 1 aliphatic rings. The molecule has 0 bridgehead atoms. The van der Waals surface area contributed by atoms with Gasteiger partial charge in [-0.15, -0.1) is 11.8 Å². The van der Waals surface area contributed by atoms with Gasteiger partial charge in [0.2, 0.25) is 0 Å². The maximum Gasteiger partial charge on any atom is 0.324 e. The summed E-state index contributed by atoms with van der Waals surface area (Å²) >= 11 is 1.72. The van der Waals surface area contributed by atoms with Gasteiger partial charge in [0.25, 0.3) is 0 Å². The minimum atomic E-state index is 0.0576. The molecule has 0 aromatic heterocycles. The Bertz CT molecular complexity index is 165. The standard InChI is InChI=1S/C7H14N2O2S/c1-3-12-6-9-5-11-4-8(2)7(9)10/h3-6H2,1-2H3. The number of nitrogens with zero attached hydrogens (tertiary/aromatic N) is 2. The summed E-state index contributed by atoms with van der Waals surface area (Å²) < 4.78 is 5.18. The van der Waals surface area contributed by atoms with E-state index in [4.69, 9.17) is 4.74 Å². The molecule has 1 saturated heterocycles. The van der Waals surface area contributed by atoms with Crippen molar-refractivity contribution >= 4 is 17.8 Å². The monoisotopic (exact) mass is 190 g/mol. The smallest absolute Gasteiger partial charge is 0.324 e. The minimum absolute atomic E-state index is 0.0576. The van der Waals surface area contributed by atoms with Crippen molar-refractivity contribution < 1.29 is 9.53 Å². The van der Waals surface area contributed by atoms with Crippen LogP contribution in [0, 0.1) is 0 Å². The molecule has 1 rings (SSSR count). The van der Waals surface area contributed by atoms with E-state index in [0.717, 1.165) is 11.6 Å². The van der Waals surface area contributed by atoms with E-state index < -0.39 is 0 Å². The summed E-state index contributed by atoms with van der Waals surface area (Å²) in [6.45, 7) is 2.91. The molecule has 12 heavy (non-hydrogen) atoms. The summed E-state index contributed by atoms with van der Waals surface area (Å²) in [7, 11) is 1.74. The first kappa shape index (κ1) is 9.67. The second-order valence-electron chi connectivity index (χ2n) is 2.60. The molecule has 0 unspecified atom stereocenters. The maximum absolute atomic E-state index is 11.4. The Hall–Kier alpha value is -0.420. The number of hydrogen-bond acceptors (Lipinski definition) is 3. The highest BCUT2D eigenvalue weighted by molar-refractivity contribution is 7.99. The van der Waals surface area contributed by atoms with E-state index in [1.807, 2.05) is 0 Å². The lowest BCUT2D eigenvalue weighted by molar-refractivity contribution is -0.0362. The van der Waals surface area contributed by atoms with Gasteiger partial charge in [-0.2, -0.15) is 0 Å². The molecule has 0 N–H and O–H groups in total. The zero-order valence-electron chi connectivity index (χ0n) is 7.45. The third kappa shape index (κ3) is 2.28. The molecule has 1 aliphatic heterocycles. The molecule has 2 amide bonds. The number of hydrogen-bond donors (Lipinski definition) is 0. The normalized spacial score (nSPS) is 18.7. The van der Waals surface area contributed by atoms with Gasteiger partial charge < -0.3 is 9.64 Å². The van der Waals surface area contributed by atoms with Crippen molar-refractivity contribution in [1.29, 1.82) is 0 Å². The van der Waals surface area contributed by atoms with Crippen LogP contribution in [0.2, 0.25) is 0 Å². The predicted molar refractivity (Wildman–Crippen MR) is 48.8 cm³/mol. The largest absolute Gasteiger partial charge is 0.340 e. The number of ether oxygens (including phenoxy) is 1. The average molecular weight is 190 g/mol. The molecular formula is C7H14N2O2S. The molecule has 0 spiro atoms. The molecule has 0 atom stereocenters. The van der Waals surface area contributed by atoms with Gasteiger partial charge in [-0.1, -0.05) is 6.92 Å². The van der Waals surface area contributed by atoms with Crippen molar-refractivity contribution in [3.05, 3.63) is 0 Å². The highest BCUT2D eigenvalue weighted by Crippen LogP contribution is 2.09. The molecule has 70 valence electrons. The fourth-order valence-electron chi connectivity index (χ4n) is 0.934. The fourth-order valence-corrected chi connectivity index (χ4v) is 1.52. The molecule has 0 aliphatic carbocycles. The van der Waals surface area contributed by atoms with Crippen molar-refractivity contribution in [2.24, 2.45) is 0 Å². The molecule has 1 fully saturated rings. The number of amides is 2. The summed E-state index contributed by atoms with van der Waals surface area (Å²) in [5, 5.41) is 0. The predicted octanol–water partition coefficient (Wildman–Crippen LogP) is 0.996. The topological polar surface area (TPSA) is 32.8 Å². The Morgan fingerprint density at radius 2 is 2.33 bits per heavy atom. The summed E-state index contributed by atoms with van der Waals surface area (Å²) in [6, 6.07) is 0.0576. The van der Waals surface area contributed by atoms with Gasteiger partial charge in [-0.05, 0) is 5.75 Å². The molecule has 0 saturated carbocycles. The van der Waals surface area contributed by atoms with Gasteiger partial charge in [0.15, 0.2) is 0 Å². The van der Waals surface area contributed by atoms with E-state index in [9.17, 15) is 4.79 Å². The summed E-state index contributed by atoms with van der Waals surface area (Å²) in [5.41, 5.74) is 0. The van der Waals surface area contributed by atoms with E-state index >= 15 is 0 Å². The molecular weight excluding hydrogens is 176 g/mol. The average Bonchev–Trinajstić information content (AvgIpc) is 2.08. The van der Waals surface area contributed by atoms with E-state index in [0.29, 0.717) is 13.5 Å². The van der Waals surface area contributed by atoms with Gasteiger partial charge >= 0.3 is 6.03 Å². The van der Waals surface area contributed by atoms with Crippen LogP contribution < -0.4 is 0 Å².